The Labute approximate surface area is 78.0 Å². The van der Waals surface area contributed by atoms with E-state index in [2.05, 4.69) is 27.7 Å². The van der Waals surface area contributed by atoms with Gasteiger partial charge in [0.05, 0.1) is 13.2 Å². The Morgan fingerprint density at radius 2 is 1.42 bits per heavy atom. The highest BCUT2D eigenvalue weighted by Gasteiger charge is 2.26. The van der Waals surface area contributed by atoms with E-state index >= 15 is 0 Å². The van der Waals surface area contributed by atoms with Gasteiger partial charge in [-0.1, -0.05) is 27.7 Å². The van der Waals surface area contributed by atoms with E-state index in [1.165, 1.54) is 0 Å². The Morgan fingerprint density at radius 3 is 1.75 bits per heavy atom. The molecule has 12 heavy (non-hydrogen) atoms. The molecule has 1 aliphatic rings. The molecule has 1 aliphatic heterocycles. The van der Waals surface area contributed by atoms with E-state index in [1.807, 2.05) is 0 Å². The fourth-order valence-corrected chi connectivity index (χ4v) is 3.21. The van der Waals surface area contributed by atoms with Gasteiger partial charge in [0.2, 0.25) is 0 Å². The van der Waals surface area contributed by atoms with Crippen LogP contribution < -0.4 is 0 Å². The van der Waals surface area contributed by atoms with E-state index < -0.39 is 0 Å². The van der Waals surface area contributed by atoms with Gasteiger partial charge in [-0.15, -0.1) is 8.58 Å². The molecule has 0 aliphatic carbocycles. The van der Waals surface area contributed by atoms with Crippen LogP contribution in [0, 0.1) is 11.8 Å². The molecule has 1 saturated heterocycles. The van der Waals surface area contributed by atoms with Crippen molar-refractivity contribution < 1.29 is 4.74 Å². The van der Waals surface area contributed by atoms with Gasteiger partial charge < -0.3 is 4.74 Å². The van der Waals surface area contributed by atoms with E-state index in [1.54, 1.807) is 0 Å². The van der Waals surface area contributed by atoms with Crippen molar-refractivity contribution in [2.24, 2.45) is 11.8 Å². The van der Waals surface area contributed by atoms with E-state index in [-0.39, 0.29) is 0 Å². The highest BCUT2D eigenvalue weighted by molar-refractivity contribution is 7.40. The number of hydrogen-bond acceptors (Lipinski definition) is 1. The molecule has 2 heteroatoms. The molecule has 72 valence electrons. The summed E-state index contributed by atoms with van der Waals surface area (Å²) >= 11 is 0. The first-order valence-corrected chi connectivity index (χ1v) is 6.10. The molecule has 0 aromatic carbocycles. The maximum atomic E-state index is 5.62. The van der Waals surface area contributed by atoms with Crippen molar-refractivity contribution >= 4 is 8.58 Å². The monoisotopic (exact) mass is 188 g/mol. The van der Waals surface area contributed by atoms with Crippen LogP contribution in [-0.4, -0.2) is 24.5 Å². The summed E-state index contributed by atoms with van der Waals surface area (Å²) in [6.07, 6.45) is 0. The van der Waals surface area contributed by atoms with Crippen LogP contribution >= 0.6 is 8.58 Å². The van der Waals surface area contributed by atoms with Crippen molar-refractivity contribution in [1.29, 1.82) is 0 Å². The summed E-state index contributed by atoms with van der Waals surface area (Å²) in [5.74, 6) is 1.59. The second-order valence-corrected chi connectivity index (χ2v) is 6.22. The molecule has 1 rings (SSSR count). The van der Waals surface area contributed by atoms with E-state index in [0.29, 0.717) is 0 Å². The standard InChI is InChI=1S/C10H21OP/c1-7(2)9-5-11-6-10(12-9)8(3)4/h7-10,12H,5-6H2,1-4H3/t9-,10-/m0/s1. The zero-order chi connectivity index (χ0) is 9.14. The predicted molar refractivity (Wildman–Crippen MR) is 56.4 cm³/mol. The quantitative estimate of drug-likeness (QED) is 0.605. The van der Waals surface area contributed by atoms with E-state index in [0.717, 1.165) is 44.9 Å². The lowest BCUT2D eigenvalue weighted by Gasteiger charge is -2.33. The second-order valence-electron chi connectivity index (χ2n) is 4.41. The molecule has 2 atom stereocenters. The minimum Gasteiger partial charge on any atom is -0.380 e. The summed E-state index contributed by atoms with van der Waals surface area (Å²) in [6, 6.07) is 0. The summed E-state index contributed by atoms with van der Waals surface area (Å²) in [6.45, 7) is 11.2. The highest BCUT2D eigenvalue weighted by Crippen LogP contribution is 2.38. The van der Waals surface area contributed by atoms with Crippen molar-refractivity contribution in [1.82, 2.24) is 0 Å². The summed E-state index contributed by atoms with van der Waals surface area (Å²) < 4.78 is 5.62. The molecule has 0 N–H and O–H groups in total. The normalized spacial score (nSPS) is 31.5. The summed E-state index contributed by atoms with van der Waals surface area (Å²) in [5, 5.41) is 0. The molecule has 0 aromatic rings. The van der Waals surface area contributed by atoms with Crippen LogP contribution in [0.3, 0.4) is 0 Å². The Balaban J connectivity index is 2.40. The molecule has 1 fully saturated rings. The van der Waals surface area contributed by atoms with Gasteiger partial charge in [0, 0.05) is 11.3 Å². The molecule has 1 heterocycles. The third-order valence-corrected chi connectivity index (χ3v) is 5.16. The lowest BCUT2D eigenvalue weighted by molar-refractivity contribution is 0.107. The third-order valence-electron chi connectivity index (χ3n) is 2.63. The predicted octanol–water partition coefficient (Wildman–Crippen LogP) is 2.74. The average molecular weight is 188 g/mol. The molecule has 0 spiro atoms. The number of ether oxygens (including phenoxy) is 1. The van der Waals surface area contributed by atoms with Crippen LogP contribution in [0.15, 0.2) is 0 Å². The smallest absolute Gasteiger partial charge is 0.0534 e. The van der Waals surface area contributed by atoms with Crippen molar-refractivity contribution in [2.75, 3.05) is 13.2 Å². The van der Waals surface area contributed by atoms with Crippen LogP contribution in [0.1, 0.15) is 27.7 Å². The molecule has 0 saturated carbocycles. The van der Waals surface area contributed by atoms with Crippen molar-refractivity contribution in [3.8, 4) is 0 Å². The minimum absolute atomic E-state index is 0.796. The van der Waals surface area contributed by atoms with Gasteiger partial charge in [0.15, 0.2) is 0 Å². The Hall–Kier alpha value is 0.390. The number of rotatable bonds is 2. The second kappa shape index (κ2) is 4.58. The lowest BCUT2D eigenvalue weighted by Crippen LogP contribution is -2.32. The van der Waals surface area contributed by atoms with Crippen LogP contribution in [-0.2, 0) is 4.74 Å². The topological polar surface area (TPSA) is 9.23 Å². The van der Waals surface area contributed by atoms with Crippen molar-refractivity contribution in [2.45, 2.75) is 39.0 Å². The summed E-state index contributed by atoms with van der Waals surface area (Å²) in [5.41, 5.74) is 1.65. The summed E-state index contributed by atoms with van der Waals surface area (Å²) in [7, 11) is 1.12. The fraction of sp³-hybridized carbons (Fsp3) is 1.00. The van der Waals surface area contributed by atoms with Gasteiger partial charge >= 0.3 is 0 Å². The first kappa shape index (κ1) is 10.5. The molecule has 0 aromatic heterocycles. The van der Waals surface area contributed by atoms with Gasteiger partial charge in [-0.05, 0) is 11.8 Å². The summed E-state index contributed by atoms with van der Waals surface area (Å²) in [4.78, 5) is 0. The van der Waals surface area contributed by atoms with E-state index in [4.69, 9.17) is 4.74 Å². The molecule has 0 radical (unpaired) electrons. The van der Waals surface area contributed by atoms with Crippen LogP contribution in [0.4, 0.5) is 0 Å². The molecular weight excluding hydrogens is 167 g/mol. The zero-order valence-electron chi connectivity index (χ0n) is 8.63. The van der Waals surface area contributed by atoms with Gasteiger partial charge in [-0.2, -0.15) is 0 Å². The Bertz CT molecular complexity index is 120. The molecule has 0 unspecified atom stereocenters. The van der Waals surface area contributed by atoms with Gasteiger partial charge in [-0.25, -0.2) is 0 Å². The van der Waals surface area contributed by atoms with Gasteiger partial charge in [0.1, 0.15) is 0 Å². The Kier molecular flexibility index (Phi) is 3.99. The van der Waals surface area contributed by atoms with Crippen molar-refractivity contribution in [3.05, 3.63) is 0 Å². The Morgan fingerprint density at radius 1 is 1.00 bits per heavy atom. The van der Waals surface area contributed by atoms with Crippen LogP contribution in [0.2, 0.25) is 0 Å². The SMILES string of the molecule is CC(C)[C@@H]1COC[C@@H](C(C)C)P1. The van der Waals surface area contributed by atoms with E-state index in [9.17, 15) is 0 Å². The lowest BCUT2D eigenvalue weighted by atomic mass is 10.1. The average Bonchev–Trinajstić information content (AvgIpc) is 2.04. The first-order chi connectivity index (χ1) is 5.61. The van der Waals surface area contributed by atoms with Crippen LogP contribution in [0.5, 0.6) is 0 Å². The molecule has 1 nitrogen and oxygen atoms in total. The molecular formula is C10H21OP. The van der Waals surface area contributed by atoms with Crippen LogP contribution in [0.25, 0.3) is 0 Å². The fourth-order valence-electron chi connectivity index (χ4n) is 1.46. The highest BCUT2D eigenvalue weighted by atomic mass is 31.1. The van der Waals surface area contributed by atoms with Gasteiger partial charge in [0.25, 0.3) is 0 Å². The maximum Gasteiger partial charge on any atom is 0.0534 e. The maximum absolute atomic E-state index is 5.62. The first-order valence-electron chi connectivity index (χ1n) is 4.95. The number of hydrogen-bond donors (Lipinski definition) is 0. The zero-order valence-corrected chi connectivity index (χ0v) is 9.63. The third kappa shape index (κ3) is 2.71. The largest absolute Gasteiger partial charge is 0.380 e. The molecule has 0 amide bonds. The molecule has 0 bridgehead atoms. The van der Waals surface area contributed by atoms with Crippen molar-refractivity contribution in [3.63, 3.8) is 0 Å². The van der Waals surface area contributed by atoms with Gasteiger partial charge in [-0.3, -0.25) is 0 Å². The minimum atomic E-state index is 0.796.